The molecule has 2 rings (SSSR count). The summed E-state index contributed by atoms with van der Waals surface area (Å²) < 4.78 is 11.0. The Balaban J connectivity index is 2.00. The summed E-state index contributed by atoms with van der Waals surface area (Å²) in [6, 6.07) is 13.8. The number of nitrogens with one attached hydrogen (secondary N) is 2. The van der Waals surface area contributed by atoms with E-state index in [0.29, 0.717) is 29.5 Å². The van der Waals surface area contributed by atoms with Crippen molar-refractivity contribution in [2.24, 2.45) is 0 Å². The molecule has 0 aliphatic heterocycles. The van der Waals surface area contributed by atoms with E-state index >= 15 is 0 Å². The third-order valence-corrected chi connectivity index (χ3v) is 3.13. The van der Waals surface area contributed by atoms with Gasteiger partial charge in [0.05, 0.1) is 18.4 Å². The molecule has 0 aliphatic rings. The number of hydrogen-bond donors (Lipinski definition) is 2. The van der Waals surface area contributed by atoms with Crippen LogP contribution in [0.1, 0.15) is 20.8 Å². The summed E-state index contributed by atoms with van der Waals surface area (Å²) in [5.41, 5.74) is 0.957. The highest BCUT2D eigenvalue weighted by molar-refractivity contribution is 6.43. The average molecular weight is 342 g/mol. The lowest BCUT2D eigenvalue weighted by Gasteiger charge is -2.14. The van der Waals surface area contributed by atoms with Gasteiger partial charge in [-0.2, -0.15) is 0 Å². The first-order valence-electron chi connectivity index (χ1n) is 8.10. The predicted octanol–water partition coefficient (Wildman–Crippen LogP) is 3.45. The Labute approximate surface area is 147 Å². The maximum absolute atomic E-state index is 12.1. The summed E-state index contributed by atoms with van der Waals surface area (Å²) in [4.78, 5) is 24.2. The molecule has 6 heteroatoms. The van der Waals surface area contributed by atoms with E-state index in [1.807, 2.05) is 20.8 Å². The molecule has 2 aromatic rings. The van der Waals surface area contributed by atoms with E-state index in [1.165, 1.54) is 0 Å². The summed E-state index contributed by atoms with van der Waals surface area (Å²) in [5.74, 6) is -0.318. The van der Waals surface area contributed by atoms with Gasteiger partial charge < -0.3 is 20.1 Å². The van der Waals surface area contributed by atoms with Crippen molar-refractivity contribution in [3.8, 4) is 11.5 Å². The van der Waals surface area contributed by atoms with Crippen LogP contribution in [0.3, 0.4) is 0 Å². The maximum atomic E-state index is 12.1. The van der Waals surface area contributed by atoms with E-state index in [9.17, 15) is 9.59 Å². The molecule has 25 heavy (non-hydrogen) atoms. The van der Waals surface area contributed by atoms with E-state index in [0.717, 1.165) is 0 Å². The molecular weight excluding hydrogens is 320 g/mol. The van der Waals surface area contributed by atoms with Crippen LogP contribution in [0.4, 0.5) is 11.4 Å². The number of ether oxygens (including phenoxy) is 2. The van der Waals surface area contributed by atoms with Crippen LogP contribution in [0.2, 0.25) is 0 Å². The number of carbonyl (C=O) groups excluding carboxylic acids is 2. The van der Waals surface area contributed by atoms with Gasteiger partial charge in [-0.15, -0.1) is 0 Å². The Morgan fingerprint density at radius 1 is 0.960 bits per heavy atom. The lowest BCUT2D eigenvalue weighted by molar-refractivity contribution is -0.133. The van der Waals surface area contributed by atoms with Gasteiger partial charge in [0.15, 0.2) is 0 Å². The van der Waals surface area contributed by atoms with E-state index in [2.05, 4.69) is 10.6 Å². The van der Waals surface area contributed by atoms with Crippen LogP contribution < -0.4 is 20.1 Å². The molecule has 2 N–H and O–H groups in total. The summed E-state index contributed by atoms with van der Waals surface area (Å²) in [6.45, 7) is 6.22. The van der Waals surface area contributed by atoms with Crippen LogP contribution in [0.25, 0.3) is 0 Å². The molecule has 0 aromatic heterocycles. The minimum Gasteiger partial charge on any atom is -0.494 e. The van der Waals surface area contributed by atoms with Crippen molar-refractivity contribution in [3.05, 3.63) is 48.5 Å². The van der Waals surface area contributed by atoms with Crippen LogP contribution in [0, 0.1) is 0 Å². The molecule has 0 unspecified atom stereocenters. The van der Waals surface area contributed by atoms with E-state index in [4.69, 9.17) is 9.47 Å². The van der Waals surface area contributed by atoms with Crippen LogP contribution in [0.15, 0.2) is 48.5 Å². The van der Waals surface area contributed by atoms with Gasteiger partial charge in [0.2, 0.25) is 0 Å². The van der Waals surface area contributed by atoms with Gasteiger partial charge in [-0.05, 0) is 57.2 Å². The lowest BCUT2D eigenvalue weighted by atomic mass is 10.2. The van der Waals surface area contributed by atoms with Crippen molar-refractivity contribution in [1.82, 2.24) is 0 Å². The van der Waals surface area contributed by atoms with Gasteiger partial charge in [-0.1, -0.05) is 12.1 Å². The van der Waals surface area contributed by atoms with E-state index in [-0.39, 0.29) is 6.10 Å². The largest absolute Gasteiger partial charge is 0.494 e. The Kier molecular flexibility index (Phi) is 6.39. The molecular formula is C19H22N2O4. The highest BCUT2D eigenvalue weighted by atomic mass is 16.5. The predicted molar refractivity (Wildman–Crippen MR) is 97.1 cm³/mol. The second-order valence-electron chi connectivity index (χ2n) is 5.53. The Morgan fingerprint density at radius 2 is 1.60 bits per heavy atom. The van der Waals surface area contributed by atoms with Gasteiger partial charge in [0.1, 0.15) is 11.5 Å². The van der Waals surface area contributed by atoms with Gasteiger partial charge >= 0.3 is 11.8 Å². The topological polar surface area (TPSA) is 76.7 Å². The standard InChI is InChI=1S/C19H22N2O4/c1-4-24-15-11-9-14(10-12-15)20-18(22)19(23)21-16-7-5-6-8-17(16)25-13(2)3/h5-13H,4H2,1-3H3,(H,20,22)(H,21,23). The van der Waals surface area contributed by atoms with E-state index < -0.39 is 11.8 Å². The normalized spacial score (nSPS) is 10.2. The molecule has 0 atom stereocenters. The van der Waals surface area contributed by atoms with Crippen LogP contribution >= 0.6 is 0 Å². The molecule has 132 valence electrons. The van der Waals surface area contributed by atoms with E-state index in [1.54, 1.807) is 48.5 Å². The first-order valence-corrected chi connectivity index (χ1v) is 8.10. The molecule has 2 aromatic carbocycles. The lowest BCUT2D eigenvalue weighted by Crippen LogP contribution is -2.29. The van der Waals surface area contributed by atoms with Crippen LogP contribution in [0.5, 0.6) is 11.5 Å². The van der Waals surface area contributed by atoms with Crippen LogP contribution in [-0.2, 0) is 9.59 Å². The third kappa shape index (κ3) is 5.53. The number of rotatable bonds is 6. The summed E-state index contributed by atoms with van der Waals surface area (Å²) in [6.07, 6.45) is -0.0456. The van der Waals surface area contributed by atoms with Gasteiger partial charge in [0.25, 0.3) is 0 Å². The summed E-state index contributed by atoms with van der Waals surface area (Å²) in [5, 5.41) is 5.11. The van der Waals surface area contributed by atoms with Gasteiger partial charge in [-0.25, -0.2) is 0 Å². The number of amides is 2. The molecule has 0 saturated heterocycles. The fourth-order valence-corrected chi connectivity index (χ4v) is 2.09. The number of benzene rings is 2. The third-order valence-electron chi connectivity index (χ3n) is 3.13. The Bertz CT molecular complexity index is 726. The van der Waals surface area contributed by atoms with Gasteiger partial charge in [-0.3, -0.25) is 9.59 Å². The zero-order valence-corrected chi connectivity index (χ0v) is 14.5. The van der Waals surface area contributed by atoms with Crippen molar-refractivity contribution in [3.63, 3.8) is 0 Å². The number of hydrogen-bond acceptors (Lipinski definition) is 4. The van der Waals surface area contributed by atoms with Crippen molar-refractivity contribution in [1.29, 1.82) is 0 Å². The average Bonchev–Trinajstić information content (AvgIpc) is 2.58. The second-order valence-corrected chi connectivity index (χ2v) is 5.53. The molecule has 2 amide bonds. The number of carbonyl (C=O) groups is 2. The van der Waals surface area contributed by atoms with Crippen LogP contribution in [-0.4, -0.2) is 24.5 Å². The van der Waals surface area contributed by atoms with Crippen molar-refractivity contribution in [2.45, 2.75) is 26.9 Å². The molecule has 0 spiro atoms. The zero-order chi connectivity index (χ0) is 18.2. The highest BCUT2D eigenvalue weighted by Crippen LogP contribution is 2.25. The van der Waals surface area contributed by atoms with Crippen molar-refractivity contribution < 1.29 is 19.1 Å². The van der Waals surface area contributed by atoms with Gasteiger partial charge in [0, 0.05) is 5.69 Å². The highest BCUT2D eigenvalue weighted by Gasteiger charge is 2.16. The molecule has 0 radical (unpaired) electrons. The molecule has 0 fully saturated rings. The number of para-hydroxylation sites is 2. The second kappa shape index (κ2) is 8.73. The minimum absolute atomic E-state index is 0.0456. The van der Waals surface area contributed by atoms with Crippen molar-refractivity contribution >= 4 is 23.2 Å². The molecule has 0 saturated carbocycles. The monoisotopic (exact) mass is 342 g/mol. The maximum Gasteiger partial charge on any atom is 0.314 e. The van der Waals surface area contributed by atoms with Crippen molar-refractivity contribution in [2.75, 3.05) is 17.2 Å². The SMILES string of the molecule is CCOc1ccc(NC(=O)C(=O)Nc2ccccc2OC(C)C)cc1. The molecule has 0 aliphatic carbocycles. The molecule has 0 heterocycles. The fraction of sp³-hybridized carbons (Fsp3) is 0.263. The molecule has 0 bridgehead atoms. The quantitative estimate of drug-likeness (QED) is 0.788. The zero-order valence-electron chi connectivity index (χ0n) is 14.5. The fourth-order valence-electron chi connectivity index (χ4n) is 2.09. The Morgan fingerprint density at radius 3 is 2.24 bits per heavy atom. The minimum atomic E-state index is -0.770. The first kappa shape index (κ1) is 18.3. The first-order chi connectivity index (χ1) is 12.0. The summed E-state index contributed by atoms with van der Waals surface area (Å²) >= 11 is 0. The smallest absolute Gasteiger partial charge is 0.314 e. The summed E-state index contributed by atoms with van der Waals surface area (Å²) in [7, 11) is 0. The number of anilines is 2. The molecule has 6 nitrogen and oxygen atoms in total. The Hall–Kier alpha value is -3.02.